The van der Waals surface area contributed by atoms with Crippen molar-refractivity contribution in [3.8, 4) is 12.3 Å². The van der Waals surface area contributed by atoms with Crippen LogP contribution in [0.25, 0.3) is 0 Å². The van der Waals surface area contributed by atoms with Gasteiger partial charge in [-0.3, -0.25) is 0 Å². The Morgan fingerprint density at radius 1 is 1.56 bits per heavy atom. The van der Waals surface area contributed by atoms with Gasteiger partial charge in [0.2, 0.25) is 0 Å². The van der Waals surface area contributed by atoms with E-state index in [1.165, 1.54) is 12.8 Å². The lowest BCUT2D eigenvalue weighted by atomic mass is 10.3. The molecule has 0 radical (unpaired) electrons. The Morgan fingerprint density at radius 2 is 2.33 bits per heavy atom. The lowest BCUT2D eigenvalue weighted by Gasteiger charge is -2.20. The standard InChI is InChI=1S/C14H18ClN3/c1-3-9-18(4-2)14-8-7-12(15)13(17-14)10-16-11-5-6-11/h1,7-8,11,16H,4-6,9-10H2,2H3. The highest BCUT2D eigenvalue weighted by molar-refractivity contribution is 6.31. The van der Waals surface area contributed by atoms with Gasteiger partial charge in [-0.05, 0) is 31.9 Å². The van der Waals surface area contributed by atoms with Gasteiger partial charge in [-0.2, -0.15) is 0 Å². The van der Waals surface area contributed by atoms with Crippen molar-refractivity contribution in [3.63, 3.8) is 0 Å². The molecule has 1 saturated carbocycles. The smallest absolute Gasteiger partial charge is 0.129 e. The second-order valence-corrected chi connectivity index (χ2v) is 4.88. The average Bonchev–Trinajstić information content (AvgIpc) is 3.19. The Labute approximate surface area is 114 Å². The van der Waals surface area contributed by atoms with E-state index >= 15 is 0 Å². The van der Waals surface area contributed by atoms with Crippen LogP contribution in [0.2, 0.25) is 5.02 Å². The predicted octanol–water partition coefficient (Wildman–Crippen LogP) is 2.45. The molecule has 0 aromatic carbocycles. The maximum absolute atomic E-state index is 6.16. The Hall–Kier alpha value is -1.24. The van der Waals surface area contributed by atoms with Crippen LogP contribution in [0.15, 0.2) is 12.1 Å². The molecule has 1 fully saturated rings. The molecular formula is C14H18ClN3. The van der Waals surface area contributed by atoms with Gasteiger partial charge in [0.15, 0.2) is 0 Å². The van der Waals surface area contributed by atoms with Crippen molar-refractivity contribution in [1.29, 1.82) is 0 Å². The third-order valence-corrected chi connectivity index (χ3v) is 3.37. The average molecular weight is 264 g/mol. The number of rotatable bonds is 6. The van der Waals surface area contributed by atoms with Gasteiger partial charge < -0.3 is 10.2 Å². The summed E-state index contributed by atoms with van der Waals surface area (Å²) in [5, 5.41) is 4.14. The lowest BCUT2D eigenvalue weighted by molar-refractivity contribution is 0.673. The van der Waals surface area contributed by atoms with Crippen LogP contribution < -0.4 is 10.2 Å². The Morgan fingerprint density at radius 3 is 2.94 bits per heavy atom. The Bertz CT molecular complexity index is 449. The molecule has 96 valence electrons. The van der Waals surface area contributed by atoms with Gasteiger partial charge in [-0.15, -0.1) is 6.42 Å². The molecule has 1 aromatic rings. The lowest BCUT2D eigenvalue weighted by Crippen LogP contribution is -2.25. The van der Waals surface area contributed by atoms with E-state index in [4.69, 9.17) is 18.0 Å². The number of nitrogens with one attached hydrogen (secondary N) is 1. The van der Waals surface area contributed by atoms with Crippen molar-refractivity contribution in [2.75, 3.05) is 18.0 Å². The predicted molar refractivity (Wildman–Crippen MR) is 75.8 cm³/mol. The number of nitrogens with zero attached hydrogens (tertiary/aromatic N) is 2. The molecule has 1 aromatic heterocycles. The summed E-state index contributed by atoms with van der Waals surface area (Å²) < 4.78 is 0. The molecule has 18 heavy (non-hydrogen) atoms. The first-order valence-corrected chi connectivity index (χ1v) is 6.69. The van der Waals surface area contributed by atoms with Crippen LogP contribution in [-0.4, -0.2) is 24.1 Å². The van der Waals surface area contributed by atoms with Gasteiger partial charge in [-0.25, -0.2) is 4.98 Å². The van der Waals surface area contributed by atoms with Crippen LogP contribution in [0.4, 0.5) is 5.82 Å². The third kappa shape index (κ3) is 3.38. The summed E-state index contributed by atoms with van der Waals surface area (Å²) in [7, 11) is 0. The number of pyridine rings is 1. The first-order chi connectivity index (χ1) is 8.74. The first kappa shape index (κ1) is 13.2. The van der Waals surface area contributed by atoms with E-state index in [1.54, 1.807) is 0 Å². The van der Waals surface area contributed by atoms with Gasteiger partial charge in [0.05, 0.1) is 17.3 Å². The summed E-state index contributed by atoms with van der Waals surface area (Å²) in [5.41, 5.74) is 0.900. The molecule has 0 unspecified atom stereocenters. The fourth-order valence-electron chi connectivity index (χ4n) is 1.77. The van der Waals surface area contributed by atoms with Gasteiger partial charge in [-0.1, -0.05) is 17.5 Å². The number of hydrogen-bond donors (Lipinski definition) is 1. The van der Waals surface area contributed by atoms with Crippen LogP contribution in [-0.2, 0) is 6.54 Å². The maximum atomic E-state index is 6.16. The normalized spacial score (nSPS) is 14.3. The molecule has 1 heterocycles. The Balaban J connectivity index is 2.10. The molecule has 0 atom stereocenters. The summed E-state index contributed by atoms with van der Waals surface area (Å²) in [4.78, 5) is 6.65. The summed E-state index contributed by atoms with van der Waals surface area (Å²) in [6.45, 7) is 4.20. The molecule has 1 aliphatic rings. The SMILES string of the molecule is C#CCN(CC)c1ccc(Cl)c(CNC2CC2)n1. The molecule has 4 heteroatoms. The van der Waals surface area contributed by atoms with Crippen molar-refractivity contribution in [3.05, 3.63) is 22.8 Å². The minimum absolute atomic E-state index is 0.570. The number of terminal acetylenes is 1. The number of anilines is 1. The quantitative estimate of drug-likeness (QED) is 0.799. The largest absolute Gasteiger partial charge is 0.346 e. The topological polar surface area (TPSA) is 28.2 Å². The van der Waals surface area contributed by atoms with Crippen LogP contribution >= 0.6 is 11.6 Å². The van der Waals surface area contributed by atoms with Crippen LogP contribution in [0.3, 0.4) is 0 Å². The van der Waals surface area contributed by atoms with Crippen molar-refractivity contribution in [2.24, 2.45) is 0 Å². The number of aromatic nitrogens is 1. The fraction of sp³-hybridized carbons (Fsp3) is 0.500. The summed E-state index contributed by atoms with van der Waals surface area (Å²) >= 11 is 6.16. The molecule has 0 amide bonds. The highest BCUT2D eigenvalue weighted by atomic mass is 35.5. The Kier molecular flexibility index (Phi) is 4.46. The van der Waals surface area contributed by atoms with Gasteiger partial charge >= 0.3 is 0 Å². The van der Waals surface area contributed by atoms with Crippen molar-refractivity contribution >= 4 is 17.4 Å². The zero-order valence-electron chi connectivity index (χ0n) is 10.6. The van der Waals surface area contributed by atoms with E-state index in [-0.39, 0.29) is 0 Å². The van der Waals surface area contributed by atoms with E-state index in [0.29, 0.717) is 17.6 Å². The molecule has 1 N–H and O–H groups in total. The van der Waals surface area contributed by atoms with Gasteiger partial charge in [0.1, 0.15) is 5.82 Å². The molecule has 0 saturated heterocycles. The zero-order valence-corrected chi connectivity index (χ0v) is 11.4. The van der Waals surface area contributed by atoms with E-state index in [0.717, 1.165) is 24.6 Å². The molecular weight excluding hydrogens is 246 g/mol. The summed E-state index contributed by atoms with van der Waals surface area (Å²) in [5.74, 6) is 3.54. The maximum Gasteiger partial charge on any atom is 0.129 e. The van der Waals surface area contributed by atoms with Crippen LogP contribution in [0.1, 0.15) is 25.5 Å². The molecule has 2 rings (SSSR count). The second-order valence-electron chi connectivity index (χ2n) is 4.47. The minimum atomic E-state index is 0.570. The molecule has 1 aliphatic carbocycles. The van der Waals surface area contributed by atoms with Gasteiger partial charge in [0, 0.05) is 19.1 Å². The van der Waals surface area contributed by atoms with Crippen molar-refractivity contribution in [1.82, 2.24) is 10.3 Å². The molecule has 0 aliphatic heterocycles. The van der Waals surface area contributed by atoms with Crippen LogP contribution in [0.5, 0.6) is 0 Å². The summed E-state index contributed by atoms with van der Waals surface area (Å²) in [6, 6.07) is 4.47. The van der Waals surface area contributed by atoms with Crippen LogP contribution in [0, 0.1) is 12.3 Å². The van der Waals surface area contributed by atoms with E-state index < -0.39 is 0 Å². The fourth-order valence-corrected chi connectivity index (χ4v) is 1.94. The first-order valence-electron chi connectivity index (χ1n) is 6.31. The molecule has 3 nitrogen and oxygen atoms in total. The minimum Gasteiger partial charge on any atom is -0.346 e. The van der Waals surface area contributed by atoms with E-state index in [9.17, 15) is 0 Å². The third-order valence-electron chi connectivity index (χ3n) is 3.03. The number of halogens is 1. The molecule has 0 spiro atoms. The van der Waals surface area contributed by atoms with E-state index in [1.807, 2.05) is 12.1 Å². The number of hydrogen-bond acceptors (Lipinski definition) is 3. The highest BCUT2D eigenvalue weighted by Gasteiger charge is 2.21. The van der Waals surface area contributed by atoms with Crippen molar-refractivity contribution in [2.45, 2.75) is 32.4 Å². The summed E-state index contributed by atoms with van der Waals surface area (Å²) in [6.07, 6.45) is 7.88. The molecule has 0 bridgehead atoms. The highest BCUT2D eigenvalue weighted by Crippen LogP contribution is 2.22. The van der Waals surface area contributed by atoms with Crippen molar-refractivity contribution < 1.29 is 0 Å². The van der Waals surface area contributed by atoms with Gasteiger partial charge in [0.25, 0.3) is 0 Å². The second kappa shape index (κ2) is 6.08. The zero-order chi connectivity index (χ0) is 13.0. The monoisotopic (exact) mass is 263 g/mol. The van der Waals surface area contributed by atoms with E-state index in [2.05, 4.69) is 28.0 Å².